The zero-order chi connectivity index (χ0) is 14.4. The van der Waals surface area contributed by atoms with Gasteiger partial charge < -0.3 is 10.2 Å². The molecule has 110 valence electrons. The molecule has 1 aliphatic rings. The van der Waals surface area contributed by atoms with Crippen molar-refractivity contribution in [3.63, 3.8) is 0 Å². The molecule has 20 heavy (non-hydrogen) atoms. The Morgan fingerprint density at radius 2 is 2.55 bits per heavy atom. The summed E-state index contributed by atoms with van der Waals surface area (Å²) in [6.07, 6.45) is 1.80. The minimum absolute atomic E-state index is 0.187. The highest BCUT2D eigenvalue weighted by Gasteiger charge is 2.21. The molecular formula is C15H23N3OS. The molecule has 1 saturated heterocycles. The van der Waals surface area contributed by atoms with Gasteiger partial charge in [0.25, 0.3) is 0 Å². The van der Waals surface area contributed by atoms with Crippen LogP contribution in [0.3, 0.4) is 0 Å². The number of carbonyl (C=O) groups is 1. The van der Waals surface area contributed by atoms with E-state index in [0.29, 0.717) is 25.7 Å². The smallest absolute Gasteiger partial charge is 0.237 e. The molecule has 1 aliphatic heterocycles. The first kappa shape index (κ1) is 15.2. The van der Waals surface area contributed by atoms with Crippen LogP contribution in [0.15, 0.2) is 30.2 Å². The largest absolute Gasteiger partial charge is 0.333 e. The topological polar surface area (TPSA) is 35.6 Å². The summed E-state index contributed by atoms with van der Waals surface area (Å²) < 4.78 is 0. The van der Waals surface area contributed by atoms with E-state index in [1.165, 1.54) is 4.88 Å². The molecule has 4 nitrogen and oxygen atoms in total. The number of piperazine rings is 1. The van der Waals surface area contributed by atoms with Crippen LogP contribution in [0.25, 0.3) is 0 Å². The number of hydrogen-bond donors (Lipinski definition) is 1. The van der Waals surface area contributed by atoms with Crippen LogP contribution in [0.5, 0.6) is 0 Å². The van der Waals surface area contributed by atoms with Gasteiger partial charge in [0.05, 0.1) is 13.1 Å². The second-order valence-electron chi connectivity index (χ2n) is 5.23. The van der Waals surface area contributed by atoms with Gasteiger partial charge >= 0.3 is 0 Å². The Kier molecular flexibility index (Phi) is 5.76. The fourth-order valence-electron chi connectivity index (χ4n) is 2.45. The Labute approximate surface area is 125 Å². The van der Waals surface area contributed by atoms with Gasteiger partial charge in [-0.25, -0.2) is 0 Å². The van der Waals surface area contributed by atoms with Crippen molar-refractivity contribution >= 4 is 17.2 Å². The molecule has 1 amide bonds. The molecule has 5 heteroatoms. The molecule has 1 N–H and O–H groups in total. The van der Waals surface area contributed by atoms with Crippen LogP contribution in [-0.4, -0.2) is 54.5 Å². The van der Waals surface area contributed by atoms with Gasteiger partial charge in [-0.05, 0) is 18.4 Å². The maximum atomic E-state index is 12.5. The molecule has 1 aromatic heterocycles. The number of amides is 1. The number of nitrogens with zero attached hydrogens (tertiary/aromatic N) is 2. The third-order valence-electron chi connectivity index (χ3n) is 3.44. The van der Waals surface area contributed by atoms with Gasteiger partial charge in [0, 0.05) is 37.1 Å². The monoisotopic (exact) mass is 293 g/mol. The molecule has 2 heterocycles. The Balaban J connectivity index is 1.90. The lowest BCUT2D eigenvalue weighted by Crippen LogP contribution is -2.52. The summed E-state index contributed by atoms with van der Waals surface area (Å²) in [7, 11) is 0. The number of rotatable bonds is 6. The standard InChI is InChI=1S/C15H23N3OS/c1-3-7-18(11-14-5-4-9-20-14)15(19)12-17-8-6-16-13(2)10-17/h3-5,9,13,16H,1,6-8,10-12H2,2H3/t13-/m0/s1. The molecule has 0 spiro atoms. The summed E-state index contributed by atoms with van der Waals surface area (Å²) in [5.74, 6) is 0.187. The van der Waals surface area contributed by atoms with Crippen molar-refractivity contribution in [3.05, 3.63) is 35.0 Å². The third kappa shape index (κ3) is 4.44. The van der Waals surface area contributed by atoms with Gasteiger partial charge in [0.1, 0.15) is 0 Å². The lowest BCUT2D eigenvalue weighted by Gasteiger charge is -2.32. The van der Waals surface area contributed by atoms with Gasteiger partial charge in [0.15, 0.2) is 0 Å². The fourth-order valence-corrected chi connectivity index (χ4v) is 3.17. The third-order valence-corrected chi connectivity index (χ3v) is 4.30. The minimum Gasteiger partial charge on any atom is -0.333 e. The first-order chi connectivity index (χ1) is 9.69. The highest BCUT2D eigenvalue weighted by molar-refractivity contribution is 7.09. The van der Waals surface area contributed by atoms with Gasteiger partial charge in [-0.3, -0.25) is 9.69 Å². The Morgan fingerprint density at radius 3 is 3.20 bits per heavy atom. The van der Waals surface area contributed by atoms with Crippen LogP contribution in [0.1, 0.15) is 11.8 Å². The van der Waals surface area contributed by atoms with E-state index < -0.39 is 0 Å². The van der Waals surface area contributed by atoms with Crippen molar-refractivity contribution in [3.8, 4) is 0 Å². The first-order valence-corrected chi connectivity index (χ1v) is 7.94. The predicted octanol–water partition coefficient (Wildman–Crippen LogP) is 1.56. The van der Waals surface area contributed by atoms with Crippen molar-refractivity contribution in [1.29, 1.82) is 0 Å². The van der Waals surface area contributed by atoms with E-state index in [1.54, 1.807) is 17.4 Å². The van der Waals surface area contributed by atoms with Crippen LogP contribution in [-0.2, 0) is 11.3 Å². The second kappa shape index (κ2) is 7.57. The van der Waals surface area contributed by atoms with Crippen molar-refractivity contribution in [2.75, 3.05) is 32.7 Å². The average molecular weight is 293 g/mol. The van der Waals surface area contributed by atoms with E-state index in [9.17, 15) is 4.79 Å². The zero-order valence-electron chi connectivity index (χ0n) is 12.0. The second-order valence-corrected chi connectivity index (χ2v) is 6.26. The summed E-state index contributed by atoms with van der Waals surface area (Å²) >= 11 is 1.69. The maximum Gasteiger partial charge on any atom is 0.237 e. The van der Waals surface area contributed by atoms with Crippen LogP contribution >= 0.6 is 11.3 Å². The molecule has 0 radical (unpaired) electrons. The van der Waals surface area contributed by atoms with E-state index in [0.717, 1.165) is 19.6 Å². The van der Waals surface area contributed by atoms with E-state index in [1.807, 2.05) is 16.3 Å². The number of thiophene rings is 1. The summed E-state index contributed by atoms with van der Waals surface area (Å²) in [6, 6.07) is 4.55. The van der Waals surface area contributed by atoms with E-state index in [-0.39, 0.29) is 5.91 Å². The van der Waals surface area contributed by atoms with E-state index in [4.69, 9.17) is 0 Å². The van der Waals surface area contributed by atoms with Crippen molar-refractivity contribution < 1.29 is 4.79 Å². The average Bonchev–Trinajstić information content (AvgIpc) is 2.91. The lowest BCUT2D eigenvalue weighted by atomic mass is 10.2. The molecular weight excluding hydrogens is 270 g/mol. The number of nitrogens with one attached hydrogen (secondary N) is 1. The van der Waals surface area contributed by atoms with Crippen molar-refractivity contribution in [2.24, 2.45) is 0 Å². The van der Waals surface area contributed by atoms with Crippen LogP contribution in [0.4, 0.5) is 0 Å². The van der Waals surface area contributed by atoms with Crippen molar-refractivity contribution in [1.82, 2.24) is 15.1 Å². The first-order valence-electron chi connectivity index (χ1n) is 7.06. The maximum absolute atomic E-state index is 12.5. The summed E-state index contributed by atoms with van der Waals surface area (Å²) in [5, 5.41) is 5.44. The van der Waals surface area contributed by atoms with Crippen LogP contribution in [0, 0.1) is 0 Å². The van der Waals surface area contributed by atoms with E-state index >= 15 is 0 Å². The normalized spacial score (nSPS) is 19.8. The quantitative estimate of drug-likeness (QED) is 0.809. The predicted molar refractivity (Wildman–Crippen MR) is 83.8 cm³/mol. The van der Waals surface area contributed by atoms with Gasteiger partial charge in [-0.1, -0.05) is 12.1 Å². The summed E-state index contributed by atoms with van der Waals surface area (Å²) in [4.78, 5) is 17.8. The van der Waals surface area contributed by atoms with Gasteiger partial charge in [0.2, 0.25) is 5.91 Å². The van der Waals surface area contributed by atoms with Crippen LogP contribution < -0.4 is 5.32 Å². The number of carbonyl (C=O) groups excluding carboxylic acids is 1. The molecule has 2 rings (SSSR count). The van der Waals surface area contributed by atoms with Crippen molar-refractivity contribution in [2.45, 2.75) is 19.5 Å². The number of hydrogen-bond acceptors (Lipinski definition) is 4. The Hall–Kier alpha value is -1.17. The molecule has 0 saturated carbocycles. The van der Waals surface area contributed by atoms with Gasteiger partial charge in [-0.15, -0.1) is 17.9 Å². The highest BCUT2D eigenvalue weighted by atomic mass is 32.1. The molecule has 0 bridgehead atoms. The molecule has 0 unspecified atom stereocenters. The van der Waals surface area contributed by atoms with Gasteiger partial charge in [-0.2, -0.15) is 0 Å². The SMILES string of the molecule is C=CCN(Cc1cccs1)C(=O)CN1CCN[C@@H](C)C1. The summed E-state index contributed by atoms with van der Waals surface area (Å²) in [6.45, 7) is 10.6. The molecule has 0 aliphatic carbocycles. The zero-order valence-corrected chi connectivity index (χ0v) is 12.9. The Morgan fingerprint density at radius 1 is 1.70 bits per heavy atom. The lowest BCUT2D eigenvalue weighted by molar-refractivity contribution is -0.132. The molecule has 1 atom stereocenters. The molecule has 0 aromatic carbocycles. The fraction of sp³-hybridized carbons (Fsp3) is 0.533. The summed E-state index contributed by atoms with van der Waals surface area (Å²) in [5.41, 5.74) is 0. The van der Waals surface area contributed by atoms with Crippen LogP contribution in [0.2, 0.25) is 0 Å². The van der Waals surface area contributed by atoms with E-state index in [2.05, 4.69) is 29.8 Å². The Bertz CT molecular complexity index is 432. The minimum atomic E-state index is 0.187. The molecule has 1 aromatic rings. The highest BCUT2D eigenvalue weighted by Crippen LogP contribution is 2.12. The molecule has 1 fully saturated rings.